The smallest absolute Gasteiger partial charge is 0.227 e. The van der Waals surface area contributed by atoms with Gasteiger partial charge in [0.25, 0.3) is 0 Å². The van der Waals surface area contributed by atoms with Gasteiger partial charge in [0.15, 0.2) is 0 Å². The molecule has 0 radical (unpaired) electrons. The second-order valence-electron chi connectivity index (χ2n) is 9.56. The van der Waals surface area contributed by atoms with E-state index in [4.69, 9.17) is 0 Å². The van der Waals surface area contributed by atoms with Gasteiger partial charge in [-0.3, -0.25) is 9.18 Å². The highest BCUT2D eigenvalue weighted by Crippen LogP contribution is 2.76. The third-order valence-electron chi connectivity index (χ3n) is 8.13. The molecule has 3 nitrogen and oxygen atoms in total. The van der Waals surface area contributed by atoms with E-state index in [-0.39, 0.29) is 17.9 Å². The van der Waals surface area contributed by atoms with Crippen molar-refractivity contribution >= 4 is 5.91 Å². The fourth-order valence-electron chi connectivity index (χ4n) is 7.21. The van der Waals surface area contributed by atoms with Gasteiger partial charge in [0.2, 0.25) is 5.91 Å². The molecule has 27 heavy (non-hydrogen) atoms. The molecule has 0 spiro atoms. The molecule has 5 heteroatoms. The zero-order valence-electron chi connectivity index (χ0n) is 15.6. The first-order valence-electron chi connectivity index (χ1n) is 10.3. The van der Waals surface area contributed by atoms with E-state index in [9.17, 15) is 13.6 Å². The summed E-state index contributed by atoms with van der Waals surface area (Å²) in [7, 11) is 0. The molecule has 5 aliphatic rings. The lowest BCUT2D eigenvalue weighted by Crippen LogP contribution is -2.56. The second kappa shape index (κ2) is 6.00. The Morgan fingerprint density at radius 2 is 2.00 bits per heavy atom. The van der Waals surface area contributed by atoms with Gasteiger partial charge in [0.05, 0.1) is 18.1 Å². The molecule has 6 rings (SSSR count). The largest absolute Gasteiger partial charge is 0.350 e. The van der Waals surface area contributed by atoms with E-state index in [1.807, 2.05) is 18.2 Å². The van der Waals surface area contributed by atoms with Crippen molar-refractivity contribution in [1.82, 2.24) is 10.6 Å². The lowest BCUT2D eigenvalue weighted by molar-refractivity contribution is -0.138. The highest BCUT2D eigenvalue weighted by Gasteiger charge is 2.74. The molecule has 5 fully saturated rings. The van der Waals surface area contributed by atoms with Crippen molar-refractivity contribution < 1.29 is 13.6 Å². The van der Waals surface area contributed by atoms with Crippen LogP contribution in [-0.2, 0) is 10.2 Å². The zero-order valence-corrected chi connectivity index (χ0v) is 15.6. The molecule has 4 aliphatic carbocycles. The lowest BCUT2D eigenvalue weighted by atomic mass is 9.63. The average Bonchev–Trinajstić information content (AvgIpc) is 3.04. The highest BCUT2D eigenvalue weighted by atomic mass is 19.1. The summed E-state index contributed by atoms with van der Waals surface area (Å²) >= 11 is 0. The van der Waals surface area contributed by atoms with Crippen molar-refractivity contribution in [2.45, 2.75) is 56.2 Å². The van der Waals surface area contributed by atoms with E-state index in [1.54, 1.807) is 0 Å². The quantitative estimate of drug-likeness (QED) is 0.849. The molecule has 6 atom stereocenters. The van der Waals surface area contributed by atoms with Gasteiger partial charge in [-0.05, 0) is 62.0 Å². The Morgan fingerprint density at radius 1 is 1.19 bits per heavy atom. The van der Waals surface area contributed by atoms with E-state index < -0.39 is 29.7 Å². The minimum atomic E-state index is -1.07. The molecule has 2 N–H and O–H groups in total. The van der Waals surface area contributed by atoms with Crippen molar-refractivity contribution in [2.24, 2.45) is 16.7 Å². The van der Waals surface area contributed by atoms with Crippen LogP contribution in [0.5, 0.6) is 0 Å². The molecule has 2 unspecified atom stereocenters. The molecule has 146 valence electrons. The Balaban J connectivity index is 1.49. The highest BCUT2D eigenvalue weighted by molar-refractivity contribution is 5.86. The number of hydrogen-bond acceptors (Lipinski definition) is 2. The minimum Gasteiger partial charge on any atom is -0.350 e. The molecule has 1 amide bonds. The lowest BCUT2D eigenvalue weighted by Gasteiger charge is -2.41. The summed E-state index contributed by atoms with van der Waals surface area (Å²) in [4.78, 5) is 13.5. The van der Waals surface area contributed by atoms with E-state index >= 15 is 0 Å². The van der Waals surface area contributed by atoms with E-state index in [2.05, 4.69) is 22.8 Å². The van der Waals surface area contributed by atoms with Crippen molar-refractivity contribution in [3.63, 3.8) is 0 Å². The summed E-state index contributed by atoms with van der Waals surface area (Å²) in [5, 5.41) is 6.05. The van der Waals surface area contributed by atoms with Gasteiger partial charge in [-0.1, -0.05) is 30.3 Å². The van der Waals surface area contributed by atoms with Gasteiger partial charge in [-0.15, -0.1) is 0 Å². The van der Waals surface area contributed by atoms with Gasteiger partial charge in [0, 0.05) is 12.0 Å². The normalized spacial score (nSPS) is 45.2. The number of carbonyl (C=O) groups excluding carboxylic acids is 1. The van der Waals surface area contributed by atoms with E-state index in [1.165, 1.54) is 5.56 Å². The minimum absolute atomic E-state index is 0.0882. The van der Waals surface area contributed by atoms with Crippen LogP contribution in [0.15, 0.2) is 30.3 Å². The molecule has 1 aromatic carbocycles. The molecular formula is C22H28F2N2O. The van der Waals surface area contributed by atoms with Gasteiger partial charge >= 0.3 is 0 Å². The Morgan fingerprint density at radius 3 is 2.74 bits per heavy atom. The standard InChI is InChI=1S/C22H28F2N2O/c23-14-21-9-15-8-20(12-21,16-4-2-1-3-5-16)13-22(21,10-15)19(27)26-18-6-7-25-11-17(18)24/h1-5,15,17-18,25H,6-14H2,(H,26,27)/t15?,17-,18+,20+,21+,22?/m0/s1. The van der Waals surface area contributed by atoms with Crippen LogP contribution in [0.3, 0.4) is 0 Å². The maximum atomic E-state index is 14.5. The molecule has 1 saturated heterocycles. The summed E-state index contributed by atoms with van der Waals surface area (Å²) in [6, 6.07) is 9.90. The van der Waals surface area contributed by atoms with Gasteiger partial charge in [0.1, 0.15) is 6.17 Å². The molecule has 1 heterocycles. The Hall–Kier alpha value is -1.49. The van der Waals surface area contributed by atoms with Crippen molar-refractivity contribution in [1.29, 1.82) is 0 Å². The second-order valence-corrected chi connectivity index (χ2v) is 9.56. The Kier molecular flexibility index (Phi) is 3.91. The predicted octanol–water partition coefficient (Wildman–Crippen LogP) is 3.29. The van der Waals surface area contributed by atoms with Gasteiger partial charge < -0.3 is 10.6 Å². The fourth-order valence-corrected chi connectivity index (χ4v) is 7.21. The molecule has 0 aromatic heterocycles. The molecule has 4 bridgehead atoms. The first kappa shape index (κ1) is 17.6. The van der Waals surface area contributed by atoms with Crippen LogP contribution in [0.1, 0.15) is 44.1 Å². The summed E-state index contributed by atoms with van der Waals surface area (Å²) in [6.45, 7) is 0.544. The van der Waals surface area contributed by atoms with E-state index in [0.717, 1.165) is 25.7 Å². The van der Waals surface area contributed by atoms with Crippen molar-refractivity contribution in [2.75, 3.05) is 19.8 Å². The average molecular weight is 374 g/mol. The number of hydrogen-bond donors (Lipinski definition) is 2. The maximum absolute atomic E-state index is 14.5. The number of piperidine rings is 1. The number of alkyl halides is 2. The SMILES string of the molecule is O=C(N[C@@H]1CCNC[C@@H]1F)C12CC3C[C@](c4ccccc4)(C1)C[C@@]2(CF)C3. The number of halogens is 2. The fraction of sp³-hybridized carbons (Fsp3) is 0.682. The topological polar surface area (TPSA) is 41.1 Å². The van der Waals surface area contributed by atoms with Gasteiger partial charge in [-0.2, -0.15) is 0 Å². The number of nitrogens with one attached hydrogen (secondary N) is 2. The Bertz CT molecular complexity index is 743. The van der Waals surface area contributed by atoms with Gasteiger partial charge in [-0.25, -0.2) is 4.39 Å². The third kappa shape index (κ3) is 2.36. The van der Waals surface area contributed by atoms with Crippen LogP contribution in [0.25, 0.3) is 0 Å². The van der Waals surface area contributed by atoms with Crippen LogP contribution >= 0.6 is 0 Å². The van der Waals surface area contributed by atoms with Crippen LogP contribution in [-0.4, -0.2) is 37.9 Å². The van der Waals surface area contributed by atoms with E-state index in [0.29, 0.717) is 25.3 Å². The molecular weight excluding hydrogens is 346 g/mol. The number of amides is 1. The number of benzene rings is 1. The monoisotopic (exact) mass is 374 g/mol. The summed E-state index contributed by atoms with van der Waals surface area (Å²) in [5.41, 5.74) is -0.110. The zero-order chi connectivity index (χ0) is 18.7. The maximum Gasteiger partial charge on any atom is 0.227 e. The number of carbonyl (C=O) groups is 1. The van der Waals surface area contributed by atoms with Crippen LogP contribution in [0.2, 0.25) is 0 Å². The summed E-state index contributed by atoms with van der Waals surface area (Å²) in [5.74, 6) is 0.304. The van der Waals surface area contributed by atoms with Crippen LogP contribution in [0.4, 0.5) is 8.78 Å². The van der Waals surface area contributed by atoms with Crippen LogP contribution in [0, 0.1) is 16.7 Å². The molecule has 1 aromatic rings. The molecule has 1 aliphatic heterocycles. The van der Waals surface area contributed by atoms with Crippen LogP contribution < -0.4 is 10.6 Å². The first-order chi connectivity index (χ1) is 13.0. The molecule has 4 saturated carbocycles. The van der Waals surface area contributed by atoms with Crippen molar-refractivity contribution in [3.8, 4) is 0 Å². The summed E-state index contributed by atoms with van der Waals surface area (Å²) < 4.78 is 28.8. The number of rotatable bonds is 4. The summed E-state index contributed by atoms with van der Waals surface area (Å²) in [6.07, 6.45) is 3.59. The van der Waals surface area contributed by atoms with Crippen molar-refractivity contribution in [3.05, 3.63) is 35.9 Å². The first-order valence-corrected chi connectivity index (χ1v) is 10.3. The Labute approximate surface area is 159 Å². The predicted molar refractivity (Wildman–Crippen MR) is 99.8 cm³/mol. The third-order valence-corrected chi connectivity index (χ3v) is 8.13.